The molecule has 1 saturated heterocycles. The summed E-state index contributed by atoms with van der Waals surface area (Å²) in [5.41, 5.74) is 2.18. The van der Waals surface area contributed by atoms with E-state index < -0.39 is 0 Å². The minimum absolute atomic E-state index is 0.141. The second-order valence-corrected chi connectivity index (χ2v) is 5.12. The number of hydrogen-bond donors (Lipinski definition) is 1. The summed E-state index contributed by atoms with van der Waals surface area (Å²) in [4.78, 5) is 14.1. The Balaban J connectivity index is 2.07. The van der Waals surface area contributed by atoms with Crippen molar-refractivity contribution >= 4 is 5.91 Å². The second-order valence-electron chi connectivity index (χ2n) is 5.12. The standard InChI is InChI=1S/C16H24N2O/c1-3-18(4-2)16(19)15-7-5-13(6-8-15)14-9-11-17-12-10-14/h5-8,14,17H,3-4,9-12H2,1-2H3. The van der Waals surface area contributed by atoms with E-state index in [1.165, 1.54) is 18.4 Å². The van der Waals surface area contributed by atoms with Gasteiger partial charge in [-0.25, -0.2) is 0 Å². The summed E-state index contributed by atoms with van der Waals surface area (Å²) < 4.78 is 0. The van der Waals surface area contributed by atoms with E-state index in [4.69, 9.17) is 0 Å². The van der Waals surface area contributed by atoms with Gasteiger partial charge in [-0.3, -0.25) is 4.79 Å². The molecule has 19 heavy (non-hydrogen) atoms. The van der Waals surface area contributed by atoms with E-state index in [-0.39, 0.29) is 5.91 Å². The lowest BCUT2D eigenvalue weighted by Gasteiger charge is -2.23. The molecular weight excluding hydrogens is 236 g/mol. The molecule has 0 spiro atoms. The number of benzene rings is 1. The van der Waals surface area contributed by atoms with E-state index in [9.17, 15) is 4.79 Å². The molecule has 2 rings (SSSR count). The maximum Gasteiger partial charge on any atom is 0.253 e. The number of nitrogens with one attached hydrogen (secondary N) is 1. The number of amides is 1. The van der Waals surface area contributed by atoms with Crippen LogP contribution < -0.4 is 5.32 Å². The molecule has 0 saturated carbocycles. The predicted molar refractivity (Wildman–Crippen MR) is 78.5 cm³/mol. The number of rotatable bonds is 4. The lowest BCUT2D eigenvalue weighted by atomic mass is 9.90. The molecule has 0 bridgehead atoms. The zero-order valence-corrected chi connectivity index (χ0v) is 12.0. The minimum Gasteiger partial charge on any atom is -0.339 e. The third-order valence-corrected chi connectivity index (χ3v) is 4.02. The Morgan fingerprint density at radius 1 is 1.16 bits per heavy atom. The van der Waals surface area contributed by atoms with Crippen molar-refractivity contribution in [1.29, 1.82) is 0 Å². The van der Waals surface area contributed by atoms with Crippen molar-refractivity contribution < 1.29 is 4.79 Å². The van der Waals surface area contributed by atoms with Crippen LogP contribution in [0.5, 0.6) is 0 Å². The van der Waals surface area contributed by atoms with Crippen molar-refractivity contribution in [3.63, 3.8) is 0 Å². The lowest BCUT2D eigenvalue weighted by Crippen LogP contribution is -2.30. The first-order valence-electron chi connectivity index (χ1n) is 7.36. The van der Waals surface area contributed by atoms with E-state index >= 15 is 0 Å². The fourth-order valence-corrected chi connectivity index (χ4v) is 2.75. The van der Waals surface area contributed by atoms with Crippen LogP contribution in [0.15, 0.2) is 24.3 Å². The van der Waals surface area contributed by atoms with Crippen molar-refractivity contribution in [1.82, 2.24) is 10.2 Å². The summed E-state index contributed by atoms with van der Waals surface area (Å²) in [7, 11) is 0. The molecular formula is C16H24N2O. The average Bonchev–Trinajstić information content (AvgIpc) is 2.49. The van der Waals surface area contributed by atoms with Gasteiger partial charge in [0.05, 0.1) is 0 Å². The van der Waals surface area contributed by atoms with Crippen LogP contribution in [0.2, 0.25) is 0 Å². The summed E-state index contributed by atoms with van der Waals surface area (Å²) in [6.45, 7) is 7.78. The Morgan fingerprint density at radius 2 is 1.74 bits per heavy atom. The first-order chi connectivity index (χ1) is 9.26. The Hall–Kier alpha value is -1.35. The molecule has 1 aromatic carbocycles. The first-order valence-corrected chi connectivity index (χ1v) is 7.36. The predicted octanol–water partition coefficient (Wildman–Crippen LogP) is 2.64. The van der Waals surface area contributed by atoms with Crippen LogP contribution in [0.3, 0.4) is 0 Å². The number of piperidine rings is 1. The summed E-state index contributed by atoms with van der Waals surface area (Å²) in [6.07, 6.45) is 2.40. The van der Waals surface area contributed by atoms with Crippen LogP contribution in [0.4, 0.5) is 0 Å². The monoisotopic (exact) mass is 260 g/mol. The van der Waals surface area contributed by atoms with E-state index in [2.05, 4.69) is 17.4 Å². The largest absolute Gasteiger partial charge is 0.339 e. The zero-order chi connectivity index (χ0) is 13.7. The third kappa shape index (κ3) is 3.35. The highest BCUT2D eigenvalue weighted by atomic mass is 16.2. The Bertz CT molecular complexity index is 403. The van der Waals surface area contributed by atoms with Crippen LogP contribution in [0.1, 0.15) is 48.5 Å². The van der Waals surface area contributed by atoms with Crippen molar-refractivity contribution in [3.05, 3.63) is 35.4 Å². The number of carbonyl (C=O) groups excluding carboxylic acids is 1. The maximum absolute atomic E-state index is 12.2. The van der Waals surface area contributed by atoms with E-state index in [1.54, 1.807) is 0 Å². The molecule has 0 aliphatic carbocycles. The Morgan fingerprint density at radius 3 is 2.26 bits per heavy atom. The van der Waals surface area contributed by atoms with Gasteiger partial charge in [0.25, 0.3) is 5.91 Å². The highest BCUT2D eigenvalue weighted by molar-refractivity contribution is 5.94. The molecule has 0 aromatic heterocycles. The van der Waals surface area contributed by atoms with Crippen molar-refractivity contribution in [2.75, 3.05) is 26.2 Å². The zero-order valence-electron chi connectivity index (χ0n) is 12.0. The van der Waals surface area contributed by atoms with Gasteiger partial charge in [0.15, 0.2) is 0 Å². The molecule has 1 amide bonds. The van der Waals surface area contributed by atoms with E-state index in [1.807, 2.05) is 30.9 Å². The minimum atomic E-state index is 0.141. The molecule has 0 atom stereocenters. The van der Waals surface area contributed by atoms with Crippen LogP contribution in [-0.4, -0.2) is 37.0 Å². The van der Waals surface area contributed by atoms with Crippen LogP contribution in [0.25, 0.3) is 0 Å². The van der Waals surface area contributed by atoms with Gasteiger partial charge in [0, 0.05) is 18.7 Å². The third-order valence-electron chi connectivity index (χ3n) is 4.02. The highest BCUT2D eigenvalue weighted by Crippen LogP contribution is 2.25. The van der Waals surface area contributed by atoms with Gasteiger partial charge < -0.3 is 10.2 Å². The van der Waals surface area contributed by atoms with Crippen LogP contribution in [0, 0.1) is 0 Å². The van der Waals surface area contributed by atoms with Gasteiger partial charge >= 0.3 is 0 Å². The summed E-state index contributed by atoms with van der Waals surface area (Å²) in [6, 6.07) is 8.23. The average molecular weight is 260 g/mol. The first kappa shape index (κ1) is 14.1. The molecule has 1 aliphatic rings. The molecule has 3 heteroatoms. The van der Waals surface area contributed by atoms with Gasteiger partial charge in [-0.05, 0) is 63.4 Å². The fraction of sp³-hybridized carbons (Fsp3) is 0.562. The van der Waals surface area contributed by atoms with Gasteiger partial charge in [0.1, 0.15) is 0 Å². The molecule has 1 N–H and O–H groups in total. The highest BCUT2D eigenvalue weighted by Gasteiger charge is 2.16. The Labute approximate surface area is 116 Å². The molecule has 1 fully saturated rings. The van der Waals surface area contributed by atoms with Crippen LogP contribution in [-0.2, 0) is 0 Å². The van der Waals surface area contributed by atoms with Gasteiger partial charge in [-0.15, -0.1) is 0 Å². The van der Waals surface area contributed by atoms with E-state index in [0.29, 0.717) is 5.92 Å². The molecule has 3 nitrogen and oxygen atoms in total. The molecule has 0 unspecified atom stereocenters. The summed E-state index contributed by atoms with van der Waals surface area (Å²) >= 11 is 0. The summed E-state index contributed by atoms with van der Waals surface area (Å²) in [5, 5.41) is 3.38. The SMILES string of the molecule is CCN(CC)C(=O)c1ccc(C2CCNCC2)cc1. The molecule has 0 radical (unpaired) electrons. The normalized spacial score (nSPS) is 16.3. The summed E-state index contributed by atoms with van der Waals surface area (Å²) in [5.74, 6) is 0.792. The van der Waals surface area contributed by atoms with Gasteiger partial charge in [-0.2, -0.15) is 0 Å². The van der Waals surface area contributed by atoms with E-state index in [0.717, 1.165) is 31.7 Å². The number of hydrogen-bond acceptors (Lipinski definition) is 2. The molecule has 1 aliphatic heterocycles. The number of carbonyl (C=O) groups is 1. The maximum atomic E-state index is 12.2. The van der Waals surface area contributed by atoms with Crippen molar-refractivity contribution in [3.8, 4) is 0 Å². The van der Waals surface area contributed by atoms with Gasteiger partial charge in [-0.1, -0.05) is 12.1 Å². The smallest absolute Gasteiger partial charge is 0.253 e. The quantitative estimate of drug-likeness (QED) is 0.902. The van der Waals surface area contributed by atoms with Crippen molar-refractivity contribution in [2.24, 2.45) is 0 Å². The van der Waals surface area contributed by atoms with Crippen LogP contribution >= 0.6 is 0 Å². The van der Waals surface area contributed by atoms with Crippen molar-refractivity contribution in [2.45, 2.75) is 32.6 Å². The Kier molecular flexibility index (Phi) is 4.97. The second kappa shape index (κ2) is 6.71. The molecule has 104 valence electrons. The topological polar surface area (TPSA) is 32.3 Å². The molecule has 1 aromatic rings. The van der Waals surface area contributed by atoms with Gasteiger partial charge in [0.2, 0.25) is 0 Å². The lowest BCUT2D eigenvalue weighted by molar-refractivity contribution is 0.0773. The number of nitrogens with zero attached hydrogens (tertiary/aromatic N) is 1. The fourth-order valence-electron chi connectivity index (χ4n) is 2.75. The molecule has 1 heterocycles.